The normalized spacial score (nSPS) is 19.4. The van der Waals surface area contributed by atoms with E-state index in [0.717, 1.165) is 13.0 Å². The third kappa shape index (κ3) is 1.68. The molecule has 82 valence electrons. The van der Waals surface area contributed by atoms with Gasteiger partial charge in [-0.3, -0.25) is 0 Å². The number of thiophene rings is 1. The van der Waals surface area contributed by atoms with E-state index in [0.29, 0.717) is 6.04 Å². The maximum atomic E-state index is 3.61. The molecular formula is C14H15NS. The highest BCUT2D eigenvalue weighted by molar-refractivity contribution is 7.10. The second-order valence-electron chi connectivity index (χ2n) is 4.35. The summed E-state index contributed by atoms with van der Waals surface area (Å²) in [6.07, 6.45) is 1.15. The lowest BCUT2D eigenvalue weighted by atomic mass is 9.92. The molecule has 0 saturated carbocycles. The Balaban J connectivity index is 2.06. The zero-order chi connectivity index (χ0) is 11.0. The minimum atomic E-state index is 0.407. The number of hydrogen-bond acceptors (Lipinski definition) is 2. The van der Waals surface area contributed by atoms with E-state index in [1.54, 1.807) is 0 Å². The SMILES string of the molecule is Cc1ccc2c(c1)CCNC2c1cccs1. The molecule has 0 saturated heterocycles. The Kier molecular flexibility index (Phi) is 2.54. The van der Waals surface area contributed by atoms with Gasteiger partial charge in [-0.1, -0.05) is 29.8 Å². The van der Waals surface area contributed by atoms with Crippen molar-refractivity contribution in [1.82, 2.24) is 5.32 Å². The van der Waals surface area contributed by atoms with Crippen LogP contribution in [0.15, 0.2) is 35.7 Å². The summed E-state index contributed by atoms with van der Waals surface area (Å²) in [5.74, 6) is 0. The quantitative estimate of drug-likeness (QED) is 0.791. The molecule has 1 atom stereocenters. The van der Waals surface area contributed by atoms with Crippen molar-refractivity contribution in [1.29, 1.82) is 0 Å². The van der Waals surface area contributed by atoms with E-state index >= 15 is 0 Å². The van der Waals surface area contributed by atoms with Crippen LogP contribution < -0.4 is 5.32 Å². The molecular weight excluding hydrogens is 214 g/mol. The monoisotopic (exact) mass is 229 g/mol. The Morgan fingerprint density at radius 3 is 3.06 bits per heavy atom. The maximum absolute atomic E-state index is 3.61. The highest BCUT2D eigenvalue weighted by atomic mass is 32.1. The van der Waals surface area contributed by atoms with E-state index < -0.39 is 0 Å². The maximum Gasteiger partial charge on any atom is 0.0673 e. The summed E-state index contributed by atoms with van der Waals surface area (Å²) < 4.78 is 0. The van der Waals surface area contributed by atoms with Crippen LogP contribution in [0.1, 0.15) is 27.6 Å². The lowest BCUT2D eigenvalue weighted by Gasteiger charge is -2.26. The number of rotatable bonds is 1. The molecule has 1 aromatic carbocycles. The Morgan fingerprint density at radius 2 is 2.25 bits per heavy atom. The minimum absolute atomic E-state index is 0.407. The van der Waals surface area contributed by atoms with Gasteiger partial charge < -0.3 is 5.32 Å². The van der Waals surface area contributed by atoms with Gasteiger partial charge in [-0.05, 0) is 35.9 Å². The number of aryl methyl sites for hydroxylation is 1. The average Bonchev–Trinajstić information content (AvgIpc) is 2.81. The van der Waals surface area contributed by atoms with E-state index in [4.69, 9.17) is 0 Å². The number of nitrogens with one attached hydrogen (secondary N) is 1. The summed E-state index contributed by atoms with van der Waals surface area (Å²) in [5, 5.41) is 5.76. The van der Waals surface area contributed by atoms with Crippen LogP contribution in [0.3, 0.4) is 0 Å². The first kappa shape index (κ1) is 10.1. The smallest absolute Gasteiger partial charge is 0.0673 e. The van der Waals surface area contributed by atoms with Gasteiger partial charge in [0.2, 0.25) is 0 Å². The standard InChI is InChI=1S/C14H15NS/c1-10-4-5-12-11(9-10)6-7-15-14(12)13-3-2-8-16-13/h2-5,8-9,14-15H,6-7H2,1H3. The van der Waals surface area contributed by atoms with Gasteiger partial charge in [-0.25, -0.2) is 0 Å². The van der Waals surface area contributed by atoms with Gasteiger partial charge in [0.05, 0.1) is 6.04 Å². The van der Waals surface area contributed by atoms with Gasteiger partial charge in [0.1, 0.15) is 0 Å². The molecule has 3 rings (SSSR count). The van der Waals surface area contributed by atoms with Crippen molar-refractivity contribution in [2.45, 2.75) is 19.4 Å². The lowest BCUT2D eigenvalue weighted by molar-refractivity contribution is 0.574. The van der Waals surface area contributed by atoms with E-state index in [1.807, 2.05) is 11.3 Å². The molecule has 0 amide bonds. The fourth-order valence-corrected chi connectivity index (χ4v) is 3.22. The largest absolute Gasteiger partial charge is 0.305 e. The third-order valence-electron chi connectivity index (χ3n) is 3.18. The predicted octanol–water partition coefficient (Wildman–Crippen LogP) is 3.29. The molecule has 0 spiro atoms. The van der Waals surface area contributed by atoms with Gasteiger partial charge in [0.15, 0.2) is 0 Å². The molecule has 2 heterocycles. The van der Waals surface area contributed by atoms with Crippen molar-refractivity contribution in [3.05, 3.63) is 57.3 Å². The van der Waals surface area contributed by atoms with Crippen LogP contribution in [-0.2, 0) is 6.42 Å². The molecule has 1 nitrogen and oxygen atoms in total. The molecule has 1 aliphatic rings. The topological polar surface area (TPSA) is 12.0 Å². The minimum Gasteiger partial charge on any atom is -0.305 e. The van der Waals surface area contributed by atoms with Crippen LogP contribution in [-0.4, -0.2) is 6.54 Å². The van der Waals surface area contributed by atoms with E-state index in [-0.39, 0.29) is 0 Å². The number of benzene rings is 1. The van der Waals surface area contributed by atoms with E-state index in [9.17, 15) is 0 Å². The number of hydrogen-bond donors (Lipinski definition) is 1. The lowest BCUT2D eigenvalue weighted by Crippen LogP contribution is -2.30. The fourth-order valence-electron chi connectivity index (χ4n) is 2.40. The molecule has 0 radical (unpaired) electrons. The Bertz CT molecular complexity index is 487. The molecule has 1 aromatic heterocycles. The summed E-state index contributed by atoms with van der Waals surface area (Å²) in [5.41, 5.74) is 4.34. The summed E-state index contributed by atoms with van der Waals surface area (Å²) in [6, 6.07) is 11.6. The van der Waals surface area contributed by atoms with Crippen molar-refractivity contribution >= 4 is 11.3 Å². The predicted molar refractivity (Wildman–Crippen MR) is 69.0 cm³/mol. The van der Waals surface area contributed by atoms with Crippen LogP contribution in [0, 0.1) is 6.92 Å². The van der Waals surface area contributed by atoms with Crippen molar-refractivity contribution in [2.24, 2.45) is 0 Å². The zero-order valence-electron chi connectivity index (χ0n) is 9.36. The van der Waals surface area contributed by atoms with Gasteiger partial charge in [0, 0.05) is 11.4 Å². The van der Waals surface area contributed by atoms with Crippen LogP contribution in [0.5, 0.6) is 0 Å². The Hall–Kier alpha value is -1.12. The molecule has 1 N–H and O–H groups in total. The molecule has 16 heavy (non-hydrogen) atoms. The first-order valence-electron chi connectivity index (χ1n) is 5.71. The zero-order valence-corrected chi connectivity index (χ0v) is 10.2. The van der Waals surface area contributed by atoms with Crippen molar-refractivity contribution in [3.63, 3.8) is 0 Å². The highest BCUT2D eigenvalue weighted by Gasteiger charge is 2.21. The summed E-state index contributed by atoms with van der Waals surface area (Å²) >= 11 is 1.83. The fraction of sp³-hybridized carbons (Fsp3) is 0.286. The first-order chi connectivity index (χ1) is 7.84. The molecule has 1 aliphatic heterocycles. The van der Waals surface area contributed by atoms with Crippen LogP contribution in [0.4, 0.5) is 0 Å². The van der Waals surface area contributed by atoms with Crippen molar-refractivity contribution in [3.8, 4) is 0 Å². The average molecular weight is 229 g/mol. The second-order valence-corrected chi connectivity index (χ2v) is 5.33. The van der Waals surface area contributed by atoms with Crippen LogP contribution >= 0.6 is 11.3 Å². The Labute approximate surface area is 100 Å². The molecule has 0 fully saturated rings. The Morgan fingerprint density at radius 1 is 1.31 bits per heavy atom. The molecule has 2 heteroatoms. The van der Waals surface area contributed by atoms with E-state index in [1.165, 1.54) is 21.6 Å². The van der Waals surface area contributed by atoms with Gasteiger partial charge in [-0.15, -0.1) is 11.3 Å². The van der Waals surface area contributed by atoms with Crippen LogP contribution in [0.2, 0.25) is 0 Å². The van der Waals surface area contributed by atoms with Gasteiger partial charge in [-0.2, -0.15) is 0 Å². The van der Waals surface area contributed by atoms with Crippen molar-refractivity contribution < 1.29 is 0 Å². The van der Waals surface area contributed by atoms with E-state index in [2.05, 4.69) is 48.0 Å². The first-order valence-corrected chi connectivity index (χ1v) is 6.59. The summed E-state index contributed by atoms with van der Waals surface area (Å²) in [6.45, 7) is 3.25. The highest BCUT2D eigenvalue weighted by Crippen LogP contribution is 2.31. The van der Waals surface area contributed by atoms with Gasteiger partial charge in [0.25, 0.3) is 0 Å². The summed E-state index contributed by atoms with van der Waals surface area (Å²) in [7, 11) is 0. The number of fused-ring (bicyclic) bond motifs is 1. The molecule has 0 bridgehead atoms. The third-order valence-corrected chi connectivity index (χ3v) is 4.12. The van der Waals surface area contributed by atoms with Gasteiger partial charge >= 0.3 is 0 Å². The molecule has 2 aromatic rings. The van der Waals surface area contributed by atoms with Crippen LogP contribution in [0.25, 0.3) is 0 Å². The second kappa shape index (κ2) is 4.04. The molecule has 0 aliphatic carbocycles. The summed E-state index contributed by atoms with van der Waals surface area (Å²) in [4.78, 5) is 1.42. The van der Waals surface area contributed by atoms with Crippen molar-refractivity contribution in [2.75, 3.05) is 6.54 Å². The molecule has 1 unspecified atom stereocenters.